The summed E-state index contributed by atoms with van der Waals surface area (Å²) >= 11 is 6.23. The van der Waals surface area contributed by atoms with E-state index in [9.17, 15) is 14.4 Å². The van der Waals surface area contributed by atoms with Crippen molar-refractivity contribution >= 4 is 42.4 Å². The molecule has 152 valence electrons. The molecule has 1 amide bonds. The molecule has 2 heterocycles. The zero-order valence-corrected chi connectivity index (χ0v) is 17.5. The summed E-state index contributed by atoms with van der Waals surface area (Å²) < 4.78 is 5.63. The lowest BCUT2D eigenvalue weighted by Gasteiger charge is -2.31. The Morgan fingerprint density at radius 1 is 1.17 bits per heavy atom. The maximum atomic E-state index is 12.6. The number of halogens is 1. The summed E-state index contributed by atoms with van der Waals surface area (Å²) in [4.78, 5) is 38.7. The van der Waals surface area contributed by atoms with Crippen molar-refractivity contribution in [3.8, 4) is 0 Å². The molecule has 0 fully saturated rings. The molecule has 0 unspecified atom stereocenters. The van der Waals surface area contributed by atoms with Gasteiger partial charge in [-0.1, -0.05) is 18.5 Å². The Balaban J connectivity index is 1.71. The van der Waals surface area contributed by atoms with E-state index < -0.39 is 16.3 Å². The molecule has 1 atom stereocenters. The number of nitrogens with one attached hydrogen (secondary N) is 2. The second-order valence-electron chi connectivity index (χ2n) is 7.50. The molecule has 0 aliphatic carbocycles. The Bertz CT molecular complexity index is 1240. The van der Waals surface area contributed by atoms with E-state index in [0.717, 1.165) is 0 Å². The highest BCUT2D eigenvalue weighted by Gasteiger charge is 2.34. The molecule has 1 aliphatic heterocycles. The second kappa shape index (κ2) is 7.06. The van der Waals surface area contributed by atoms with Crippen LogP contribution in [-0.4, -0.2) is 25.7 Å². The number of furan rings is 1. The molecule has 2 aromatic carbocycles. The number of aryl methyl sites for hydroxylation is 1. The van der Waals surface area contributed by atoms with E-state index >= 15 is 0 Å². The average molecular weight is 424 g/mol. The SMILES string of the molecule is [B][C@](CC)(Nc1c(Nc2ccc(Cl)c3c2C(=O)N(C)C3)c(=O)c1=O)c1ccc(C)o1. The van der Waals surface area contributed by atoms with Gasteiger partial charge in [-0.3, -0.25) is 14.4 Å². The number of nitrogens with zero attached hydrogens (tertiary/aromatic N) is 1. The molecule has 0 spiro atoms. The molecular formula is C21H19BClN3O4. The molecule has 2 radical (unpaired) electrons. The number of fused-ring (bicyclic) bond motifs is 1. The topological polar surface area (TPSA) is 91.6 Å². The molecule has 3 aromatic rings. The number of amides is 1. The van der Waals surface area contributed by atoms with Crippen LogP contribution in [0.4, 0.5) is 17.1 Å². The van der Waals surface area contributed by atoms with Crippen LogP contribution in [-0.2, 0) is 12.0 Å². The molecule has 30 heavy (non-hydrogen) atoms. The van der Waals surface area contributed by atoms with Gasteiger partial charge in [0.2, 0.25) is 0 Å². The summed E-state index contributed by atoms with van der Waals surface area (Å²) in [6.07, 6.45) is 0.401. The van der Waals surface area contributed by atoms with Crippen molar-refractivity contribution in [1.29, 1.82) is 0 Å². The highest BCUT2D eigenvalue weighted by molar-refractivity contribution is 6.32. The van der Waals surface area contributed by atoms with Gasteiger partial charge in [0.25, 0.3) is 16.8 Å². The number of benzene rings is 1. The summed E-state index contributed by atoms with van der Waals surface area (Å²) in [5.41, 5.74) is -0.959. The van der Waals surface area contributed by atoms with E-state index in [1.807, 2.05) is 6.92 Å². The highest BCUT2D eigenvalue weighted by Crippen LogP contribution is 2.37. The first-order valence-corrected chi connectivity index (χ1v) is 9.85. The van der Waals surface area contributed by atoms with Crippen molar-refractivity contribution in [3.05, 3.63) is 72.4 Å². The lowest BCUT2D eigenvalue weighted by Crippen LogP contribution is -2.44. The second-order valence-corrected chi connectivity index (χ2v) is 7.91. The van der Waals surface area contributed by atoms with Crippen LogP contribution < -0.4 is 21.5 Å². The van der Waals surface area contributed by atoms with Crippen molar-refractivity contribution in [2.75, 3.05) is 17.7 Å². The predicted molar refractivity (Wildman–Crippen MR) is 117 cm³/mol. The highest BCUT2D eigenvalue weighted by atomic mass is 35.5. The first-order valence-electron chi connectivity index (χ1n) is 9.47. The first kappa shape index (κ1) is 20.3. The Morgan fingerprint density at radius 2 is 1.87 bits per heavy atom. The third-order valence-electron chi connectivity index (χ3n) is 5.47. The summed E-state index contributed by atoms with van der Waals surface area (Å²) in [6, 6.07) is 6.77. The van der Waals surface area contributed by atoms with E-state index in [4.69, 9.17) is 23.9 Å². The number of rotatable bonds is 6. The predicted octanol–water partition coefficient (Wildman–Crippen LogP) is 3.01. The Hall–Kier alpha value is -3.00. The van der Waals surface area contributed by atoms with Crippen LogP contribution in [0.25, 0.3) is 0 Å². The van der Waals surface area contributed by atoms with Crippen LogP contribution in [0.1, 0.15) is 40.8 Å². The maximum absolute atomic E-state index is 12.6. The molecule has 1 aliphatic rings. The fourth-order valence-electron chi connectivity index (χ4n) is 3.61. The molecule has 2 N–H and O–H groups in total. The van der Waals surface area contributed by atoms with Crippen LogP contribution in [0.3, 0.4) is 0 Å². The van der Waals surface area contributed by atoms with Gasteiger partial charge in [-0.05, 0) is 37.6 Å². The molecule has 7 nitrogen and oxygen atoms in total. The van der Waals surface area contributed by atoms with Gasteiger partial charge in [0.05, 0.1) is 16.7 Å². The van der Waals surface area contributed by atoms with Gasteiger partial charge in [-0.15, -0.1) is 0 Å². The largest absolute Gasteiger partial charge is 0.465 e. The molecular weight excluding hydrogens is 405 g/mol. The van der Waals surface area contributed by atoms with Crippen molar-refractivity contribution < 1.29 is 9.21 Å². The smallest absolute Gasteiger partial charge is 0.256 e. The monoisotopic (exact) mass is 423 g/mol. The summed E-state index contributed by atoms with van der Waals surface area (Å²) in [5.74, 6) is 0.916. The number of anilines is 3. The van der Waals surface area contributed by atoms with Gasteiger partial charge < -0.3 is 20.0 Å². The number of carbonyl (C=O) groups is 1. The van der Waals surface area contributed by atoms with Crippen LogP contribution in [0.5, 0.6) is 0 Å². The number of carbonyl (C=O) groups excluding carboxylic acids is 1. The number of hydrogen-bond donors (Lipinski definition) is 2. The van der Waals surface area contributed by atoms with Crippen LogP contribution >= 0.6 is 11.6 Å². The fourth-order valence-corrected chi connectivity index (χ4v) is 3.83. The van der Waals surface area contributed by atoms with Gasteiger partial charge in [-0.2, -0.15) is 0 Å². The Labute approximate surface area is 179 Å². The normalized spacial score (nSPS) is 15.3. The van der Waals surface area contributed by atoms with E-state index in [1.165, 1.54) is 4.90 Å². The lowest BCUT2D eigenvalue weighted by molar-refractivity contribution is 0.0817. The molecule has 4 rings (SSSR count). The third kappa shape index (κ3) is 3.03. The zero-order chi connectivity index (χ0) is 21.8. The van der Waals surface area contributed by atoms with Crippen LogP contribution in [0.2, 0.25) is 5.02 Å². The van der Waals surface area contributed by atoms with Crippen molar-refractivity contribution in [1.82, 2.24) is 4.90 Å². The summed E-state index contributed by atoms with van der Waals surface area (Å²) in [5, 5.41) is 6.38. The minimum atomic E-state index is -1.18. The molecule has 1 aromatic heterocycles. The van der Waals surface area contributed by atoms with E-state index in [0.29, 0.717) is 46.3 Å². The van der Waals surface area contributed by atoms with Crippen molar-refractivity contribution in [3.63, 3.8) is 0 Å². The van der Waals surface area contributed by atoms with Gasteiger partial charge in [0.15, 0.2) is 0 Å². The third-order valence-corrected chi connectivity index (χ3v) is 5.82. The fraction of sp³-hybridized carbons (Fsp3) is 0.286. The zero-order valence-electron chi connectivity index (χ0n) is 16.8. The standard InChI is InChI=1S/C21H19BClN3O4/c1-4-21(22,14-8-5-10(2)30-14)25-17-16(18(27)19(17)28)24-13-7-6-12(23)11-9-26(3)20(29)15(11)13/h5-8,24-25H,4,9H2,1-3H3/t21-/m1/s1. The average Bonchev–Trinajstić information content (AvgIpc) is 3.30. The first-order chi connectivity index (χ1) is 14.2. The van der Waals surface area contributed by atoms with E-state index in [2.05, 4.69) is 10.6 Å². The summed E-state index contributed by atoms with van der Waals surface area (Å²) in [6.45, 7) is 4.00. The lowest BCUT2D eigenvalue weighted by atomic mass is 9.73. The van der Waals surface area contributed by atoms with Gasteiger partial charge in [0, 0.05) is 24.2 Å². The number of hydrogen-bond acceptors (Lipinski definition) is 6. The van der Waals surface area contributed by atoms with E-state index in [-0.39, 0.29) is 17.3 Å². The van der Waals surface area contributed by atoms with Crippen molar-refractivity contribution in [2.24, 2.45) is 0 Å². The molecule has 0 saturated carbocycles. The minimum absolute atomic E-state index is 0.0541. The summed E-state index contributed by atoms with van der Waals surface area (Å²) in [7, 11) is 8.12. The maximum Gasteiger partial charge on any atom is 0.256 e. The minimum Gasteiger partial charge on any atom is -0.465 e. The quantitative estimate of drug-likeness (QED) is 0.468. The van der Waals surface area contributed by atoms with E-state index in [1.54, 1.807) is 38.2 Å². The van der Waals surface area contributed by atoms with Gasteiger partial charge in [0.1, 0.15) is 30.7 Å². The van der Waals surface area contributed by atoms with Gasteiger partial charge in [-0.25, -0.2) is 0 Å². The molecule has 0 bridgehead atoms. The van der Waals surface area contributed by atoms with Crippen molar-refractivity contribution in [2.45, 2.75) is 32.3 Å². The Morgan fingerprint density at radius 3 is 2.50 bits per heavy atom. The van der Waals surface area contributed by atoms with Gasteiger partial charge >= 0.3 is 0 Å². The molecule has 0 saturated heterocycles. The van der Waals surface area contributed by atoms with Crippen LogP contribution in [0, 0.1) is 6.92 Å². The van der Waals surface area contributed by atoms with Crippen LogP contribution in [0.15, 0.2) is 38.3 Å². The Kier molecular flexibility index (Phi) is 4.77. The molecule has 9 heteroatoms.